The van der Waals surface area contributed by atoms with E-state index in [1.54, 1.807) is 0 Å². The van der Waals surface area contributed by atoms with E-state index in [0.717, 1.165) is 32.1 Å². The summed E-state index contributed by atoms with van der Waals surface area (Å²) in [7, 11) is 0. The minimum absolute atomic E-state index is 0.0818. The van der Waals surface area contributed by atoms with Crippen molar-refractivity contribution in [2.75, 3.05) is 25.6 Å². The van der Waals surface area contributed by atoms with Crippen LogP contribution in [0.5, 0.6) is 0 Å². The number of halogens is 1. The lowest BCUT2D eigenvalue weighted by atomic mass is 9.82. The molecule has 1 aliphatic carbocycles. The number of hydrogen-bond donors (Lipinski definition) is 1. The molecule has 0 unspecified atom stereocenters. The topological polar surface area (TPSA) is 58.6 Å². The Morgan fingerprint density at radius 1 is 1.22 bits per heavy atom. The predicted octanol–water partition coefficient (Wildman–Crippen LogP) is 1.50. The largest absolute Gasteiger partial charge is 0.378 e. The summed E-state index contributed by atoms with van der Waals surface area (Å²) in [5.74, 6) is 0.339. The fourth-order valence-electron chi connectivity index (χ4n) is 2.69. The van der Waals surface area contributed by atoms with Crippen LogP contribution in [0, 0.1) is 0 Å². The van der Waals surface area contributed by atoms with Crippen molar-refractivity contribution in [3.05, 3.63) is 0 Å². The number of imide groups is 1. The number of hydrogen-bond acceptors (Lipinski definition) is 3. The molecule has 0 aromatic rings. The summed E-state index contributed by atoms with van der Waals surface area (Å²) in [5, 5.41) is 2.87. The molecule has 2 aliphatic rings. The van der Waals surface area contributed by atoms with Crippen molar-refractivity contribution in [3.63, 3.8) is 0 Å². The Balaban J connectivity index is 1.92. The fourth-order valence-corrected chi connectivity index (χ4v) is 2.80. The standard InChI is InChI=1S/C12H19ClN2O3/c13-6-8-18-9-7-15-10(16)12(14-11(15)17)4-2-1-3-5-12/h1-9H2,(H,14,17). The maximum absolute atomic E-state index is 12.3. The van der Waals surface area contributed by atoms with Gasteiger partial charge in [0.15, 0.2) is 0 Å². The second kappa shape index (κ2) is 5.89. The van der Waals surface area contributed by atoms with Gasteiger partial charge in [-0.3, -0.25) is 9.69 Å². The van der Waals surface area contributed by atoms with Crippen LogP contribution in [0.4, 0.5) is 4.79 Å². The molecule has 0 aromatic heterocycles. The zero-order valence-corrected chi connectivity index (χ0v) is 11.2. The van der Waals surface area contributed by atoms with Gasteiger partial charge in [0.25, 0.3) is 5.91 Å². The van der Waals surface area contributed by atoms with Crippen molar-refractivity contribution >= 4 is 23.5 Å². The van der Waals surface area contributed by atoms with Crippen molar-refractivity contribution in [1.29, 1.82) is 0 Å². The number of rotatable bonds is 5. The summed E-state index contributed by atoms with van der Waals surface area (Å²) in [4.78, 5) is 25.4. The van der Waals surface area contributed by atoms with Gasteiger partial charge in [-0.05, 0) is 12.8 Å². The Kier molecular flexibility index (Phi) is 4.45. The molecule has 6 heteroatoms. The second-order valence-corrected chi connectivity index (χ2v) is 5.21. The average Bonchev–Trinajstić information content (AvgIpc) is 2.59. The predicted molar refractivity (Wildman–Crippen MR) is 67.6 cm³/mol. The van der Waals surface area contributed by atoms with Crippen LogP contribution in [0.15, 0.2) is 0 Å². The van der Waals surface area contributed by atoms with Gasteiger partial charge in [-0.1, -0.05) is 19.3 Å². The fraction of sp³-hybridized carbons (Fsp3) is 0.833. The smallest absolute Gasteiger partial charge is 0.325 e. The van der Waals surface area contributed by atoms with Gasteiger partial charge in [0.2, 0.25) is 0 Å². The van der Waals surface area contributed by atoms with Gasteiger partial charge < -0.3 is 10.1 Å². The summed E-state index contributed by atoms with van der Waals surface area (Å²) >= 11 is 5.49. The van der Waals surface area contributed by atoms with Gasteiger partial charge in [-0.2, -0.15) is 0 Å². The summed E-state index contributed by atoms with van der Waals surface area (Å²) in [5.41, 5.74) is -0.623. The molecule has 102 valence electrons. The third-order valence-corrected chi connectivity index (χ3v) is 3.79. The number of urea groups is 1. The second-order valence-electron chi connectivity index (χ2n) is 4.83. The van der Waals surface area contributed by atoms with E-state index in [9.17, 15) is 9.59 Å². The molecule has 1 saturated heterocycles. The zero-order valence-electron chi connectivity index (χ0n) is 10.4. The van der Waals surface area contributed by atoms with Gasteiger partial charge in [0, 0.05) is 5.88 Å². The van der Waals surface area contributed by atoms with Crippen LogP contribution < -0.4 is 5.32 Å². The van der Waals surface area contributed by atoms with E-state index in [-0.39, 0.29) is 11.9 Å². The Bertz CT molecular complexity index is 329. The summed E-state index contributed by atoms with van der Waals surface area (Å²) in [6, 6.07) is -0.281. The highest BCUT2D eigenvalue weighted by molar-refractivity contribution is 6.17. The highest BCUT2D eigenvalue weighted by Gasteiger charge is 2.50. The first kappa shape index (κ1) is 13.6. The van der Waals surface area contributed by atoms with Crippen LogP contribution in [0.2, 0.25) is 0 Å². The molecule has 5 nitrogen and oxygen atoms in total. The molecule has 0 atom stereocenters. The average molecular weight is 275 g/mol. The first-order valence-electron chi connectivity index (χ1n) is 6.47. The number of alkyl halides is 1. The number of carbonyl (C=O) groups excluding carboxylic acids is 2. The number of carbonyl (C=O) groups is 2. The Labute approximate surface area is 112 Å². The van der Waals surface area contributed by atoms with Crippen LogP contribution >= 0.6 is 11.6 Å². The molecule has 1 N–H and O–H groups in total. The van der Waals surface area contributed by atoms with Crippen LogP contribution in [-0.2, 0) is 9.53 Å². The van der Waals surface area contributed by atoms with E-state index < -0.39 is 5.54 Å². The molecule has 1 aliphatic heterocycles. The molecule has 2 rings (SSSR count). The number of nitrogens with zero attached hydrogens (tertiary/aromatic N) is 1. The van der Waals surface area contributed by atoms with E-state index in [4.69, 9.17) is 16.3 Å². The van der Waals surface area contributed by atoms with Gasteiger partial charge in [0.1, 0.15) is 5.54 Å². The van der Waals surface area contributed by atoms with Crippen LogP contribution in [0.3, 0.4) is 0 Å². The highest BCUT2D eigenvalue weighted by atomic mass is 35.5. The van der Waals surface area contributed by atoms with Crippen LogP contribution in [0.25, 0.3) is 0 Å². The lowest BCUT2D eigenvalue weighted by molar-refractivity contribution is -0.132. The highest BCUT2D eigenvalue weighted by Crippen LogP contribution is 2.33. The molecule has 1 saturated carbocycles. The van der Waals surface area contributed by atoms with E-state index in [0.29, 0.717) is 25.6 Å². The van der Waals surface area contributed by atoms with Gasteiger partial charge in [-0.15, -0.1) is 11.6 Å². The van der Waals surface area contributed by atoms with Gasteiger partial charge in [0.05, 0.1) is 19.8 Å². The van der Waals surface area contributed by atoms with Crippen LogP contribution in [-0.4, -0.2) is 48.0 Å². The molecule has 3 amide bonds. The molecule has 0 aromatic carbocycles. The van der Waals surface area contributed by atoms with Gasteiger partial charge >= 0.3 is 6.03 Å². The molecule has 0 bridgehead atoms. The van der Waals surface area contributed by atoms with Crippen molar-refractivity contribution in [1.82, 2.24) is 10.2 Å². The van der Waals surface area contributed by atoms with Crippen molar-refractivity contribution in [2.45, 2.75) is 37.6 Å². The molecule has 18 heavy (non-hydrogen) atoms. The Hall–Kier alpha value is -0.810. The van der Waals surface area contributed by atoms with Crippen molar-refractivity contribution in [3.8, 4) is 0 Å². The normalized spacial score (nSPS) is 22.6. The Morgan fingerprint density at radius 3 is 2.61 bits per heavy atom. The lowest BCUT2D eigenvalue weighted by Crippen LogP contribution is -2.48. The third kappa shape index (κ3) is 2.62. The lowest BCUT2D eigenvalue weighted by Gasteiger charge is -2.30. The molecule has 1 heterocycles. The minimum atomic E-state index is -0.623. The van der Waals surface area contributed by atoms with E-state index >= 15 is 0 Å². The maximum Gasteiger partial charge on any atom is 0.325 e. The monoisotopic (exact) mass is 274 g/mol. The van der Waals surface area contributed by atoms with Gasteiger partial charge in [-0.25, -0.2) is 4.79 Å². The number of nitrogens with one attached hydrogen (secondary N) is 1. The molecule has 2 fully saturated rings. The van der Waals surface area contributed by atoms with E-state index in [2.05, 4.69) is 5.32 Å². The number of amides is 3. The van der Waals surface area contributed by atoms with E-state index in [1.807, 2.05) is 0 Å². The first-order chi connectivity index (χ1) is 8.69. The number of ether oxygens (including phenoxy) is 1. The van der Waals surface area contributed by atoms with E-state index in [1.165, 1.54) is 4.90 Å². The molecule has 1 spiro atoms. The minimum Gasteiger partial charge on any atom is -0.378 e. The molecular weight excluding hydrogens is 256 g/mol. The summed E-state index contributed by atoms with van der Waals surface area (Å²) in [6.45, 7) is 1.10. The van der Waals surface area contributed by atoms with Crippen LogP contribution in [0.1, 0.15) is 32.1 Å². The maximum atomic E-state index is 12.3. The Morgan fingerprint density at radius 2 is 1.94 bits per heavy atom. The summed E-state index contributed by atoms with van der Waals surface area (Å²) < 4.78 is 5.21. The summed E-state index contributed by atoms with van der Waals surface area (Å²) in [6.07, 6.45) is 4.67. The van der Waals surface area contributed by atoms with Crippen molar-refractivity contribution < 1.29 is 14.3 Å². The zero-order chi connectivity index (χ0) is 13.0. The third-order valence-electron chi connectivity index (χ3n) is 3.63. The first-order valence-corrected chi connectivity index (χ1v) is 7.01. The quantitative estimate of drug-likeness (QED) is 0.469. The SMILES string of the molecule is O=C1NC2(CCCCC2)C(=O)N1CCOCCCl. The molecular formula is C12H19ClN2O3. The van der Waals surface area contributed by atoms with Crippen molar-refractivity contribution in [2.24, 2.45) is 0 Å². The molecule has 0 radical (unpaired) electrons.